The molecule has 3 N–H and O–H groups in total. The zero-order chi connectivity index (χ0) is 18.9. The number of carbonyl (C=O) groups excluding carboxylic acids is 1. The highest BCUT2D eigenvalue weighted by Gasteiger charge is 2.15. The minimum absolute atomic E-state index is 0.156. The molecule has 1 amide bonds. The van der Waals surface area contributed by atoms with Crippen molar-refractivity contribution in [3.63, 3.8) is 0 Å². The summed E-state index contributed by atoms with van der Waals surface area (Å²) in [4.78, 5) is 12.6. The Labute approximate surface area is 159 Å². The van der Waals surface area contributed by atoms with Crippen molar-refractivity contribution in [2.24, 2.45) is 0 Å². The highest BCUT2D eigenvalue weighted by atomic mass is 16.6. The van der Waals surface area contributed by atoms with Crippen LogP contribution in [0.3, 0.4) is 0 Å². The Morgan fingerprint density at radius 1 is 1.04 bits per heavy atom. The Bertz CT molecular complexity index is 1150. The van der Waals surface area contributed by atoms with Gasteiger partial charge in [0.15, 0.2) is 17.3 Å². The van der Waals surface area contributed by atoms with Crippen LogP contribution < -0.4 is 14.8 Å². The van der Waals surface area contributed by atoms with Crippen molar-refractivity contribution in [1.29, 1.82) is 0 Å². The molecule has 2 aromatic carbocycles. The van der Waals surface area contributed by atoms with E-state index < -0.39 is 0 Å². The predicted molar refractivity (Wildman–Crippen MR) is 103 cm³/mol. The molecular weight excluding hydrogens is 358 g/mol. The van der Waals surface area contributed by atoms with E-state index in [2.05, 4.69) is 25.7 Å². The highest BCUT2D eigenvalue weighted by Crippen LogP contribution is 2.31. The van der Waals surface area contributed by atoms with Gasteiger partial charge >= 0.3 is 0 Å². The molecule has 1 aliphatic rings. The number of hydrogen-bond donors (Lipinski definition) is 3. The summed E-state index contributed by atoms with van der Waals surface area (Å²) in [5, 5.41) is 17.8. The van der Waals surface area contributed by atoms with Gasteiger partial charge in [-0.15, -0.1) is 0 Å². The predicted octanol–water partition coefficient (Wildman–Crippen LogP) is 2.91. The Hall–Kier alpha value is -3.81. The number of aromatic amines is 2. The second-order valence-corrected chi connectivity index (χ2v) is 6.51. The van der Waals surface area contributed by atoms with Crippen molar-refractivity contribution >= 4 is 22.6 Å². The van der Waals surface area contributed by atoms with Crippen molar-refractivity contribution in [3.8, 4) is 22.8 Å². The Morgan fingerprint density at radius 3 is 2.79 bits per heavy atom. The molecule has 1 aliphatic heterocycles. The van der Waals surface area contributed by atoms with Crippen LogP contribution >= 0.6 is 0 Å². The molecule has 0 spiro atoms. The average molecular weight is 375 g/mol. The van der Waals surface area contributed by atoms with Gasteiger partial charge in [-0.05, 0) is 35.9 Å². The smallest absolute Gasteiger partial charge is 0.230 e. The molecule has 8 nitrogen and oxygen atoms in total. The third kappa shape index (κ3) is 3.05. The zero-order valence-electron chi connectivity index (χ0n) is 14.9. The Balaban J connectivity index is 1.36. The lowest BCUT2D eigenvalue weighted by molar-refractivity contribution is -0.115. The van der Waals surface area contributed by atoms with Crippen LogP contribution in [0.2, 0.25) is 0 Å². The number of amides is 1. The first-order valence-electron chi connectivity index (χ1n) is 8.92. The number of rotatable bonds is 4. The monoisotopic (exact) mass is 375 g/mol. The summed E-state index contributed by atoms with van der Waals surface area (Å²) < 4.78 is 11.1. The lowest BCUT2D eigenvalue weighted by atomic mass is 10.1. The van der Waals surface area contributed by atoms with Crippen molar-refractivity contribution in [2.45, 2.75) is 6.42 Å². The summed E-state index contributed by atoms with van der Waals surface area (Å²) in [5.41, 5.74) is 3.56. The van der Waals surface area contributed by atoms with Gasteiger partial charge in [-0.3, -0.25) is 15.0 Å². The van der Waals surface area contributed by atoms with E-state index in [0.717, 1.165) is 27.7 Å². The maximum absolute atomic E-state index is 12.6. The number of nitrogens with one attached hydrogen (secondary N) is 3. The lowest BCUT2D eigenvalue weighted by Gasteiger charge is -2.18. The van der Waals surface area contributed by atoms with Gasteiger partial charge in [0.2, 0.25) is 5.91 Å². The number of benzene rings is 2. The minimum atomic E-state index is -0.156. The number of nitrogens with zero attached hydrogens (tertiary/aromatic N) is 2. The molecule has 0 bridgehead atoms. The van der Waals surface area contributed by atoms with Crippen LogP contribution in [-0.4, -0.2) is 39.5 Å². The number of ether oxygens (including phenoxy) is 2. The molecule has 3 heterocycles. The molecule has 4 aromatic rings. The molecule has 0 unspecified atom stereocenters. The van der Waals surface area contributed by atoms with Crippen molar-refractivity contribution in [1.82, 2.24) is 20.4 Å². The van der Waals surface area contributed by atoms with Gasteiger partial charge in [-0.1, -0.05) is 12.1 Å². The fourth-order valence-electron chi connectivity index (χ4n) is 3.25. The van der Waals surface area contributed by atoms with Crippen LogP contribution in [0.4, 0.5) is 5.82 Å². The summed E-state index contributed by atoms with van der Waals surface area (Å²) in [6.07, 6.45) is 1.91. The van der Waals surface area contributed by atoms with Crippen LogP contribution in [0.15, 0.2) is 48.7 Å². The first-order valence-corrected chi connectivity index (χ1v) is 8.92. The van der Waals surface area contributed by atoms with Gasteiger partial charge in [0.25, 0.3) is 0 Å². The van der Waals surface area contributed by atoms with Gasteiger partial charge in [-0.25, -0.2) is 0 Å². The number of anilines is 1. The quantitative estimate of drug-likeness (QED) is 0.509. The summed E-state index contributed by atoms with van der Waals surface area (Å²) in [5.74, 6) is 1.72. The third-order valence-electron chi connectivity index (χ3n) is 4.60. The van der Waals surface area contributed by atoms with Gasteiger partial charge in [0.05, 0.1) is 17.6 Å². The molecule has 0 atom stereocenters. The molecule has 0 saturated carbocycles. The Morgan fingerprint density at radius 2 is 1.93 bits per heavy atom. The number of H-pyrrole nitrogens is 2. The second kappa shape index (κ2) is 6.73. The molecule has 0 saturated heterocycles. The molecule has 140 valence electrons. The fraction of sp³-hybridized carbons (Fsp3) is 0.150. The van der Waals surface area contributed by atoms with Gasteiger partial charge in [0.1, 0.15) is 13.2 Å². The summed E-state index contributed by atoms with van der Waals surface area (Å²) in [6.45, 7) is 1.06. The number of carbonyl (C=O) groups is 1. The van der Waals surface area contributed by atoms with E-state index in [9.17, 15) is 4.79 Å². The minimum Gasteiger partial charge on any atom is -0.486 e. The van der Waals surface area contributed by atoms with Crippen LogP contribution in [0.5, 0.6) is 11.5 Å². The van der Waals surface area contributed by atoms with E-state index in [1.54, 1.807) is 6.20 Å². The first-order chi connectivity index (χ1) is 13.8. The van der Waals surface area contributed by atoms with Gasteiger partial charge in [0, 0.05) is 17.1 Å². The molecule has 0 aliphatic carbocycles. The summed E-state index contributed by atoms with van der Waals surface area (Å²) >= 11 is 0. The molecule has 8 heteroatoms. The lowest BCUT2D eigenvalue weighted by Crippen LogP contribution is -2.17. The van der Waals surface area contributed by atoms with Crippen LogP contribution in [0, 0.1) is 0 Å². The van der Waals surface area contributed by atoms with Gasteiger partial charge < -0.3 is 14.8 Å². The summed E-state index contributed by atoms with van der Waals surface area (Å²) in [6, 6.07) is 13.3. The first kappa shape index (κ1) is 16.4. The number of fused-ring (bicyclic) bond motifs is 2. The van der Waals surface area contributed by atoms with E-state index in [0.29, 0.717) is 30.5 Å². The standard InChI is InChI=1S/C20H17N5O3/c26-19(10-12-1-4-17-18(9-12)28-8-7-27-17)22-20-14-11-13(15-5-6-21-23-15)2-3-16(14)24-25-20/h1-6,9,11H,7-8,10H2,(H,21,23)(H2,22,24,25,26). The normalized spacial score (nSPS) is 12.9. The fourth-order valence-corrected chi connectivity index (χ4v) is 3.25. The van der Waals surface area contributed by atoms with Crippen molar-refractivity contribution < 1.29 is 14.3 Å². The topological polar surface area (TPSA) is 105 Å². The zero-order valence-corrected chi connectivity index (χ0v) is 14.9. The molecular formula is C20H17N5O3. The van der Waals surface area contributed by atoms with E-state index in [4.69, 9.17) is 9.47 Å². The second-order valence-electron chi connectivity index (χ2n) is 6.51. The van der Waals surface area contributed by atoms with Crippen molar-refractivity contribution in [3.05, 3.63) is 54.2 Å². The number of aromatic nitrogens is 4. The van der Waals surface area contributed by atoms with Crippen LogP contribution in [-0.2, 0) is 11.2 Å². The SMILES string of the molecule is O=C(Cc1ccc2c(c1)OCCO2)Nc1n[nH]c2ccc(-c3ccn[nH]3)cc12. The van der Waals surface area contributed by atoms with Gasteiger partial charge in [-0.2, -0.15) is 10.2 Å². The van der Waals surface area contributed by atoms with Crippen molar-refractivity contribution in [2.75, 3.05) is 18.5 Å². The largest absolute Gasteiger partial charge is 0.486 e. The molecule has 0 fully saturated rings. The molecule has 0 radical (unpaired) electrons. The highest BCUT2D eigenvalue weighted by molar-refractivity contribution is 6.01. The van der Waals surface area contributed by atoms with E-state index in [1.807, 2.05) is 42.5 Å². The molecule has 5 rings (SSSR count). The maximum Gasteiger partial charge on any atom is 0.230 e. The van der Waals surface area contributed by atoms with Crippen LogP contribution in [0.25, 0.3) is 22.2 Å². The maximum atomic E-state index is 12.6. The number of hydrogen-bond acceptors (Lipinski definition) is 5. The van der Waals surface area contributed by atoms with Crippen LogP contribution in [0.1, 0.15) is 5.56 Å². The van der Waals surface area contributed by atoms with E-state index in [1.165, 1.54) is 0 Å². The summed E-state index contributed by atoms with van der Waals surface area (Å²) in [7, 11) is 0. The van der Waals surface area contributed by atoms with E-state index >= 15 is 0 Å². The molecule has 28 heavy (non-hydrogen) atoms. The Kier molecular flexibility index (Phi) is 3.93. The third-order valence-corrected chi connectivity index (χ3v) is 4.60. The molecule has 2 aromatic heterocycles. The van der Waals surface area contributed by atoms with E-state index in [-0.39, 0.29) is 12.3 Å². The average Bonchev–Trinajstić information content (AvgIpc) is 3.38.